The number of nitrogens with zero attached hydrogens (tertiary/aromatic N) is 3. The minimum Gasteiger partial charge on any atom is -0.483 e. The molecule has 9 heteroatoms. The van der Waals surface area contributed by atoms with Gasteiger partial charge in [0.05, 0.1) is 6.33 Å². The van der Waals surface area contributed by atoms with E-state index in [2.05, 4.69) is 27.4 Å². The highest BCUT2D eigenvalue weighted by molar-refractivity contribution is 5.90. The summed E-state index contributed by atoms with van der Waals surface area (Å²) in [6.07, 6.45) is 5.01. The van der Waals surface area contributed by atoms with Crippen molar-refractivity contribution in [2.75, 3.05) is 5.32 Å². The zero-order valence-corrected chi connectivity index (χ0v) is 16.0. The van der Waals surface area contributed by atoms with E-state index in [1.807, 2.05) is 38.1 Å². The highest BCUT2D eigenvalue weighted by atomic mass is 16.3. The Balaban J connectivity index is 0.000000626. The van der Waals surface area contributed by atoms with Crippen molar-refractivity contribution in [3.8, 4) is 11.1 Å². The normalized spacial score (nSPS) is 9.17. The molecule has 3 N–H and O–H groups in total. The number of carbonyl (C=O) groups is 3. The van der Waals surface area contributed by atoms with Crippen molar-refractivity contribution in [3.63, 3.8) is 0 Å². The third-order valence-electron chi connectivity index (χ3n) is 3.75. The summed E-state index contributed by atoms with van der Waals surface area (Å²) in [5, 5.41) is 16.6. The first-order valence-corrected chi connectivity index (χ1v) is 8.41. The first-order valence-electron chi connectivity index (χ1n) is 8.41. The second kappa shape index (κ2) is 12.4. The highest BCUT2D eigenvalue weighted by Crippen LogP contribution is 2.27. The molecule has 0 atom stereocenters. The fourth-order valence-electron chi connectivity index (χ4n) is 2.45. The topological polar surface area (TPSA) is 134 Å². The van der Waals surface area contributed by atoms with E-state index in [-0.39, 0.29) is 25.4 Å². The van der Waals surface area contributed by atoms with Crippen LogP contribution in [0.4, 0.5) is 5.82 Å². The van der Waals surface area contributed by atoms with Crippen LogP contribution >= 0.6 is 0 Å². The van der Waals surface area contributed by atoms with Gasteiger partial charge < -0.3 is 20.1 Å². The van der Waals surface area contributed by atoms with E-state index in [9.17, 15) is 4.79 Å². The van der Waals surface area contributed by atoms with Crippen molar-refractivity contribution in [1.29, 1.82) is 0 Å². The molecule has 0 aliphatic rings. The van der Waals surface area contributed by atoms with Gasteiger partial charge in [0.15, 0.2) is 0 Å². The van der Waals surface area contributed by atoms with E-state index in [0.29, 0.717) is 5.82 Å². The minimum absolute atomic E-state index is 0.127. The summed E-state index contributed by atoms with van der Waals surface area (Å²) >= 11 is 0. The molecule has 152 valence electrons. The van der Waals surface area contributed by atoms with Crippen LogP contribution in [0.2, 0.25) is 0 Å². The van der Waals surface area contributed by atoms with E-state index in [1.54, 1.807) is 23.3 Å². The van der Waals surface area contributed by atoms with Crippen LogP contribution in [0.15, 0.2) is 55.1 Å². The van der Waals surface area contributed by atoms with Crippen molar-refractivity contribution in [2.24, 2.45) is 0 Å². The number of aromatic nitrogens is 3. The smallest absolute Gasteiger partial charge is 0.290 e. The molecule has 2 heterocycles. The molecular weight excluding hydrogens is 376 g/mol. The quantitative estimate of drug-likeness (QED) is 0.575. The molecule has 0 bridgehead atoms. The third kappa shape index (κ3) is 7.63. The second-order valence-corrected chi connectivity index (χ2v) is 5.63. The van der Waals surface area contributed by atoms with Crippen LogP contribution < -0.4 is 5.32 Å². The molecule has 1 aromatic carbocycles. The molecule has 0 aliphatic carbocycles. The number of amides is 1. The van der Waals surface area contributed by atoms with E-state index in [0.717, 1.165) is 22.4 Å². The van der Waals surface area contributed by atoms with Gasteiger partial charge in [-0.25, -0.2) is 9.97 Å². The van der Waals surface area contributed by atoms with Gasteiger partial charge >= 0.3 is 0 Å². The number of anilines is 1. The fourth-order valence-corrected chi connectivity index (χ4v) is 2.45. The predicted molar refractivity (Wildman–Crippen MR) is 107 cm³/mol. The number of carbonyl (C=O) groups excluding carboxylic acids is 1. The average Bonchev–Trinajstić information content (AvgIpc) is 3.19. The Bertz CT molecular complexity index is 906. The number of nitrogens with one attached hydrogen (secondary N) is 1. The Morgan fingerprint density at radius 1 is 1.14 bits per heavy atom. The lowest BCUT2D eigenvalue weighted by Crippen LogP contribution is -2.19. The molecule has 0 aliphatic heterocycles. The first kappa shape index (κ1) is 23.0. The van der Waals surface area contributed by atoms with Crippen LogP contribution in [0.5, 0.6) is 0 Å². The van der Waals surface area contributed by atoms with E-state index < -0.39 is 0 Å². The van der Waals surface area contributed by atoms with Crippen LogP contribution in [0, 0.1) is 13.8 Å². The van der Waals surface area contributed by atoms with Crippen molar-refractivity contribution in [3.05, 3.63) is 66.4 Å². The predicted octanol–water partition coefficient (Wildman–Crippen LogP) is 2.60. The SMILES string of the molecule is Cc1nc(NC(=O)Cn2ccnc2)cc(-c2ccccc2)c1C.O=CO.O=CO. The van der Waals surface area contributed by atoms with Crippen LogP contribution in [-0.2, 0) is 20.9 Å². The van der Waals surface area contributed by atoms with E-state index in [1.165, 1.54) is 0 Å². The summed E-state index contributed by atoms with van der Waals surface area (Å²) in [5.41, 5.74) is 4.21. The largest absolute Gasteiger partial charge is 0.483 e. The number of pyridine rings is 1. The Morgan fingerprint density at radius 3 is 2.31 bits per heavy atom. The molecule has 0 spiro atoms. The lowest BCUT2D eigenvalue weighted by molar-refractivity contribution is -0.123. The average molecular weight is 398 g/mol. The summed E-state index contributed by atoms with van der Waals surface area (Å²) in [5.74, 6) is 0.440. The van der Waals surface area contributed by atoms with Gasteiger partial charge in [0.1, 0.15) is 12.4 Å². The molecule has 3 aromatic rings. The number of carboxylic acid groups (broad SMARTS) is 2. The maximum atomic E-state index is 12.1. The van der Waals surface area contributed by atoms with Crippen molar-refractivity contribution in [1.82, 2.24) is 14.5 Å². The number of hydrogen-bond acceptors (Lipinski definition) is 5. The number of hydrogen-bond donors (Lipinski definition) is 3. The lowest BCUT2D eigenvalue weighted by atomic mass is 10.0. The molecule has 0 fully saturated rings. The Kier molecular flexibility index (Phi) is 9.84. The second-order valence-electron chi connectivity index (χ2n) is 5.63. The molecule has 0 saturated heterocycles. The maximum absolute atomic E-state index is 12.1. The Morgan fingerprint density at radius 2 is 1.76 bits per heavy atom. The summed E-state index contributed by atoms with van der Waals surface area (Å²) in [6.45, 7) is 3.71. The monoisotopic (exact) mass is 398 g/mol. The Labute approximate surface area is 167 Å². The summed E-state index contributed by atoms with van der Waals surface area (Å²) in [7, 11) is 0. The molecule has 2 aromatic heterocycles. The summed E-state index contributed by atoms with van der Waals surface area (Å²) in [6, 6.07) is 12.0. The minimum atomic E-state index is -0.250. The number of aryl methyl sites for hydroxylation is 1. The molecule has 29 heavy (non-hydrogen) atoms. The van der Waals surface area contributed by atoms with Gasteiger partial charge in [-0.1, -0.05) is 30.3 Å². The van der Waals surface area contributed by atoms with Crippen LogP contribution in [0.25, 0.3) is 11.1 Å². The van der Waals surface area contributed by atoms with E-state index in [4.69, 9.17) is 19.8 Å². The van der Waals surface area contributed by atoms with Gasteiger partial charge in [-0.3, -0.25) is 14.4 Å². The van der Waals surface area contributed by atoms with Crippen molar-refractivity contribution in [2.45, 2.75) is 20.4 Å². The van der Waals surface area contributed by atoms with Gasteiger partial charge in [-0.2, -0.15) is 0 Å². The molecule has 1 amide bonds. The summed E-state index contributed by atoms with van der Waals surface area (Å²) < 4.78 is 1.72. The zero-order chi connectivity index (χ0) is 21.6. The maximum Gasteiger partial charge on any atom is 0.290 e. The highest BCUT2D eigenvalue weighted by Gasteiger charge is 2.10. The lowest BCUT2D eigenvalue weighted by Gasteiger charge is -2.12. The molecule has 9 nitrogen and oxygen atoms in total. The standard InChI is InChI=1S/C18H18N4O.2CH2O2/c1-13-14(2)20-17(10-16(13)15-6-4-3-5-7-15)21-18(23)11-22-9-8-19-12-22;2*2-1-3/h3-10,12H,11H2,1-2H3,(H,20,21,23);2*1H,(H,2,3). The third-order valence-corrected chi connectivity index (χ3v) is 3.75. The van der Waals surface area contributed by atoms with Gasteiger partial charge in [0.2, 0.25) is 5.91 Å². The number of benzene rings is 1. The van der Waals surface area contributed by atoms with Gasteiger partial charge in [-0.15, -0.1) is 0 Å². The molecular formula is C20H22N4O5. The van der Waals surface area contributed by atoms with Crippen molar-refractivity contribution < 1.29 is 24.6 Å². The van der Waals surface area contributed by atoms with Crippen LogP contribution in [0.3, 0.4) is 0 Å². The fraction of sp³-hybridized carbons (Fsp3) is 0.150. The van der Waals surface area contributed by atoms with Crippen LogP contribution in [0.1, 0.15) is 11.3 Å². The molecule has 3 rings (SSSR count). The van der Waals surface area contributed by atoms with Crippen molar-refractivity contribution >= 4 is 24.7 Å². The number of imidazole rings is 1. The first-order chi connectivity index (χ1) is 14.0. The summed E-state index contributed by atoms with van der Waals surface area (Å²) in [4.78, 5) is 37.2. The number of rotatable bonds is 4. The van der Waals surface area contributed by atoms with Crippen LogP contribution in [-0.4, -0.2) is 43.6 Å². The van der Waals surface area contributed by atoms with Gasteiger partial charge in [0.25, 0.3) is 12.9 Å². The molecule has 0 saturated carbocycles. The zero-order valence-electron chi connectivity index (χ0n) is 16.0. The molecule has 0 radical (unpaired) electrons. The molecule has 0 unspecified atom stereocenters. The van der Waals surface area contributed by atoms with Gasteiger partial charge in [0, 0.05) is 18.1 Å². The van der Waals surface area contributed by atoms with E-state index >= 15 is 0 Å². The van der Waals surface area contributed by atoms with Gasteiger partial charge in [-0.05, 0) is 36.6 Å². The Hall–Kier alpha value is -4.01.